The SMILES string of the molecule is CCCCCCCC(NN)c1c(Cl)cnn1CC. The number of hydrogen-bond donors (Lipinski definition) is 2. The Morgan fingerprint density at radius 2 is 2.06 bits per heavy atom. The second-order valence-electron chi connectivity index (χ2n) is 4.62. The molecule has 0 saturated carbocycles. The number of nitrogens with two attached hydrogens (primary N) is 1. The van der Waals surface area contributed by atoms with Crippen molar-refractivity contribution in [1.82, 2.24) is 15.2 Å². The van der Waals surface area contributed by atoms with Crippen LogP contribution in [0.5, 0.6) is 0 Å². The van der Waals surface area contributed by atoms with Gasteiger partial charge in [-0.3, -0.25) is 16.0 Å². The van der Waals surface area contributed by atoms with E-state index in [0.717, 1.165) is 18.7 Å². The molecule has 0 saturated heterocycles. The van der Waals surface area contributed by atoms with E-state index in [-0.39, 0.29) is 6.04 Å². The lowest BCUT2D eigenvalue weighted by Crippen LogP contribution is -2.30. The highest BCUT2D eigenvalue weighted by Gasteiger charge is 2.18. The molecular weight excluding hydrogens is 248 g/mol. The van der Waals surface area contributed by atoms with E-state index in [9.17, 15) is 0 Å². The molecule has 1 rings (SSSR count). The monoisotopic (exact) mass is 272 g/mol. The molecule has 0 amide bonds. The van der Waals surface area contributed by atoms with Crippen LogP contribution in [0.4, 0.5) is 0 Å². The zero-order valence-electron chi connectivity index (χ0n) is 11.5. The maximum Gasteiger partial charge on any atom is 0.0834 e. The summed E-state index contributed by atoms with van der Waals surface area (Å²) in [6.45, 7) is 5.10. The molecule has 1 heterocycles. The second kappa shape index (κ2) is 8.51. The van der Waals surface area contributed by atoms with Crippen molar-refractivity contribution in [2.24, 2.45) is 5.84 Å². The average Bonchev–Trinajstić information content (AvgIpc) is 2.75. The van der Waals surface area contributed by atoms with Crippen LogP contribution in [0.25, 0.3) is 0 Å². The quantitative estimate of drug-likeness (QED) is 0.411. The molecule has 0 aliphatic heterocycles. The third-order valence-corrected chi connectivity index (χ3v) is 3.55. The highest BCUT2D eigenvalue weighted by Crippen LogP contribution is 2.26. The van der Waals surface area contributed by atoms with Gasteiger partial charge in [0.05, 0.1) is 23.0 Å². The van der Waals surface area contributed by atoms with Crippen LogP contribution in [0.2, 0.25) is 5.02 Å². The Labute approximate surface area is 115 Å². The van der Waals surface area contributed by atoms with E-state index < -0.39 is 0 Å². The van der Waals surface area contributed by atoms with Crippen LogP contribution in [0.15, 0.2) is 6.20 Å². The number of hydrogen-bond acceptors (Lipinski definition) is 3. The number of nitrogens with one attached hydrogen (secondary N) is 1. The molecule has 1 atom stereocenters. The van der Waals surface area contributed by atoms with E-state index in [4.69, 9.17) is 17.4 Å². The van der Waals surface area contributed by atoms with Crippen molar-refractivity contribution in [3.63, 3.8) is 0 Å². The number of halogens is 1. The van der Waals surface area contributed by atoms with Crippen LogP contribution in [-0.4, -0.2) is 9.78 Å². The predicted octanol–water partition coefficient (Wildman–Crippen LogP) is 3.42. The first-order chi connectivity index (χ1) is 8.74. The highest BCUT2D eigenvalue weighted by atomic mass is 35.5. The Balaban J connectivity index is 2.52. The average molecular weight is 273 g/mol. The van der Waals surface area contributed by atoms with Crippen LogP contribution < -0.4 is 11.3 Å². The second-order valence-corrected chi connectivity index (χ2v) is 5.02. The molecule has 18 heavy (non-hydrogen) atoms. The predicted molar refractivity (Wildman–Crippen MR) is 76.4 cm³/mol. The summed E-state index contributed by atoms with van der Waals surface area (Å²) in [5.74, 6) is 5.65. The van der Waals surface area contributed by atoms with Crippen molar-refractivity contribution in [3.05, 3.63) is 16.9 Å². The van der Waals surface area contributed by atoms with Gasteiger partial charge in [-0.2, -0.15) is 5.10 Å². The number of aryl methyl sites for hydroxylation is 1. The number of hydrazine groups is 1. The summed E-state index contributed by atoms with van der Waals surface area (Å²) in [7, 11) is 0. The largest absolute Gasteiger partial charge is 0.271 e. The summed E-state index contributed by atoms with van der Waals surface area (Å²) >= 11 is 6.18. The molecule has 0 aliphatic carbocycles. The summed E-state index contributed by atoms with van der Waals surface area (Å²) in [4.78, 5) is 0. The van der Waals surface area contributed by atoms with Crippen molar-refractivity contribution in [1.29, 1.82) is 0 Å². The molecule has 0 aromatic carbocycles. The van der Waals surface area contributed by atoms with Crippen molar-refractivity contribution >= 4 is 11.6 Å². The summed E-state index contributed by atoms with van der Waals surface area (Å²) in [5.41, 5.74) is 3.88. The molecule has 0 fully saturated rings. The molecule has 104 valence electrons. The van der Waals surface area contributed by atoms with Crippen LogP contribution in [0, 0.1) is 0 Å². The lowest BCUT2D eigenvalue weighted by molar-refractivity contribution is 0.444. The number of unbranched alkanes of at least 4 members (excludes halogenated alkanes) is 4. The Morgan fingerprint density at radius 1 is 1.33 bits per heavy atom. The fraction of sp³-hybridized carbons (Fsp3) is 0.769. The van der Waals surface area contributed by atoms with Gasteiger partial charge < -0.3 is 0 Å². The molecule has 4 nitrogen and oxygen atoms in total. The minimum Gasteiger partial charge on any atom is -0.271 e. The third-order valence-electron chi connectivity index (χ3n) is 3.26. The van der Waals surface area contributed by atoms with Crippen LogP contribution in [0.3, 0.4) is 0 Å². The molecule has 5 heteroatoms. The molecule has 1 unspecified atom stereocenters. The first kappa shape index (κ1) is 15.5. The molecule has 0 bridgehead atoms. The van der Waals surface area contributed by atoms with Crippen molar-refractivity contribution in [2.75, 3.05) is 0 Å². The van der Waals surface area contributed by atoms with Crippen molar-refractivity contribution in [3.8, 4) is 0 Å². The van der Waals surface area contributed by atoms with E-state index in [1.807, 2.05) is 4.68 Å². The topological polar surface area (TPSA) is 55.9 Å². The molecular formula is C13H25ClN4. The molecule has 0 spiro atoms. The number of rotatable bonds is 9. The Morgan fingerprint density at radius 3 is 2.67 bits per heavy atom. The maximum atomic E-state index is 6.18. The minimum atomic E-state index is 0.0987. The van der Waals surface area contributed by atoms with Crippen molar-refractivity contribution < 1.29 is 0 Å². The fourth-order valence-corrected chi connectivity index (χ4v) is 2.49. The van der Waals surface area contributed by atoms with Gasteiger partial charge in [-0.05, 0) is 13.3 Å². The highest BCUT2D eigenvalue weighted by molar-refractivity contribution is 6.31. The van der Waals surface area contributed by atoms with Gasteiger partial charge in [0.25, 0.3) is 0 Å². The summed E-state index contributed by atoms with van der Waals surface area (Å²) in [6.07, 6.45) is 9.01. The Hall–Kier alpha value is -0.580. The van der Waals surface area contributed by atoms with Gasteiger partial charge in [0.2, 0.25) is 0 Å². The molecule has 1 aromatic rings. The van der Waals surface area contributed by atoms with Gasteiger partial charge in [-0.1, -0.05) is 50.6 Å². The number of nitrogens with zero attached hydrogens (tertiary/aromatic N) is 2. The zero-order chi connectivity index (χ0) is 13.4. The van der Waals surface area contributed by atoms with Crippen LogP contribution in [-0.2, 0) is 6.54 Å². The molecule has 3 N–H and O–H groups in total. The molecule has 0 aliphatic rings. The van der Waals surface area contributed by atoms with Gasteiger partial charge in [-0.25, -0.2) is 0 Å². The summed E-state index contributed by atoms with van der Waals surface area (Å²) in [5, 5.41) is 4.95. The van der Waals surface area contributed by atoms with E-state index in [2.05, 4.69) is 24.4 Å². The van der Waals surface area contributed by atoms with Crippen LogP contribution in [0.1, 0.15) is 64.1 Å². The van der Waals surface area contributed by atoms with Crippen LogP contribution >= 0.6 is 11.6 Å². The normalized spacial score (nSPS) is 12.9. The fourth-order valence-electron chi connectivity index (χ4n) is 2.22. The maximum absolute atomic E-state index is 6.18. The van der Waals surface area contributed by atoms with Gasteiger partial charge >= 0.3 is 0 Å². The molecule has 1 aromatic heterocycles. The van der Waals surface area contributed by atoms with Gasteiger partial charge in [-0.15, -0.1) is 0 Å². The summed E-state index contributed by atoms with van der Waals surface area (Å²) < 4.78 is 1.92. The van der Waals surface area contributed by atoms with E-state index in [1.54, 1.807) is 6.20 Å². The summed E-state index contributed by atoms with van der Waals surface area (Å²) in [6, 6.07) is 0.0987. The smallest absolute Gasteiger partial charge is 0.0834 e. The lowest BCUT2D eigenvalue weighted by Gasteiger charge is -2.17. The minimum absolute atomic E-state index is 0.0987. The standard InChI is InChI=1S/C13H25ClN4/c1-3-5-6-7-8-9-12(17-15)13-11(14)10-16-18(13)4-2/h10,12,17H,3-9,15H2,1-2H3. The lowest BCUT2D eigenvalue weighted by atomic mass is 10.0. The van der Waals surface area contributed by atoms with Gasteiger partial charge in [0, 0.05) is 6.54 Å². The van der Waals surface area contributed by atoms with E-state index in [0.29, 0.717) is 5.02 Å². The Bertz CT molecular complexity index is 338. The van der Waals surface area contributed by atoms with Gasteiger partial charge in [0.1, 0.15) is 0 Å². The number of aromatic nitrogens is 2. The Kier molecular flexibility index (Phi) is 7.32. The third kappa shape index (κ3) is 4.26. The van der Waals surface area contributed by atoms with Gasteiger partial charge in [0.15, 0.2) is 0 Å². The first-order valence-electron chi connectivity index (χ1n) is 6.91. The first-order valence-corrected chi connectivity index (χ1v) is 7.29. The van der Waals surface area contributed by atoms with E-state index >= 15 is 0 Å². The molecule has 0 radical (unpaired) electrons. The zero-order valence-corrected chi connectivity index (χ0v) is 12.2. The van der Waals surface area contributed by atoms with E-state index in [1.165, 1.54) is 32.1 Å². The van der Waals surface area contributed by atoms with Crippen molar-refractivity contribution in [2.45, 2.75) is 65.0 Å².